The number of hydrogen-bond acceptors (Lipinski definition) is 15. The maximum absolute atomic E-state index is 12.9. The minimum atomic E-state index is -1.76. The molecule has 0 spiro atoms. The Labute approximate surface area is 365 Å². The first-order chi connectivity index (χ1) is 29.5. The van der Waals surface area contributed by atoms with Gasteiger partial charge < -0.3 is 64.2 Å². The van der Waals surface area contributed by atoms with Crippen LogP contribution in [0.5, 0.6) is 0 Å². The van der Waals surface area contributed by atoms with Gasteiger partial charge in [0.2, 0.25) is 0 Å². The van der Waals surface area contributed by atoms with E-state index in [1.54, 1.807) is 0 Å². The molecule has 2 heterocycles. The van der Waals surface area contributed by atoms with E-state index in [4.69, 9.17) is 28.4 Å². The Bertz CT molecular complexity index is 1120. The lowest BCUT2D eigenvalue weighted by atomic mass is 9.98. The van der Waals surface area contributed by atoms with Gasteiger partial charge in [-0.3, -0.25) is 9.59 Å². The molecule has 0 bridgehead atoms. The van der Waals surface area contributed by atoms with Gasteiger partial charge >= 0.3 is 11.9 Å². The van der Waals surface area contributed by atoms with E-state index in [1.165, 1.54) is 89.9 Å². The number of allylic oxidation sites excluding steroid dienone is 2. The summed E-state index contributed by atoms with van der Waals surface area (Å²) in [5.74, 6) is -0.924. The van der Waals surface area contributed by atoms with Gasteiger partial charge in [0.1, 0.15) is 55.4 Å². The second kappa shape index (κ2) is 34.6. The van der Waals surface area contributed by atoms with Gasteiger partial charge in [0.05, 0.1) is 19.8 Å². The van der Waals surface area contributed by atoms with Crippen LogP contribution in [0.2, 0.25) is 0 Å². The Hall–Kier alpha value is -1.76. The molecule has 0 aromatic heterocycles. The van der Waals surface area contributed by atoms with Gasteiger partial charge in [0.25, 0.3) is 0 Å². The second-order valence-corrected chi connectivity index (χ2v) is 16.9. The fraction of sp³-hybridized carbons (Fsp3) is 0.913. The van der Waals surface area contributed by atoms with Crippen LogP contribution in [-0.4, -0.2) is 142 Å². The Morgan fingerprint density at radius 2 is 0.951 bits per heavy atom. The summed E-state index contributed by atoms with van der Waals surface area (Å²) in [6.45, 7) is 2.54. The van der Waals surface area contributed by atoms with Gasteiger partial charge in [-0.2, -0.15) is 0 Å². The highest BCUT2D eigenvalue weighted by Gasteiger charge is 2.47. The van der Waals surface area contributed by atoms with Crippen molar-refractivity contribution in [3.63, 3.8) is 0 Å². The molecule has 15 nitrogen and oxygen atoms in total. The molecule has 2 aliphatic rings. The maximum atomic E-state index is 12.9. The van der Waals surface area contributed by atoms with E-state index in [0.29, 0.717) is 12.8 Å². The first kappa shape index (κ1) is 55.4. The Kier molecular flexibility index (Phi) is 31.4. The molecular formula is C46H84O15. The maximum Gasteiger partial charge on any atom is 0.306 e. The van der Waals surface area contributed by atoms with Crippen LogP contribution < -0.4 is 0 Å². The molecule has 0 aliphatic carbocycles. The number of unbranched alkanes of at least 4 members (excludes halogenated alkanes) is 20. The molecule has 0 radical (unpaired) electrons. The third kappa shape index (κ3) is 23.7. The van der Waals surface area contributed by atoms with Crippen molar-refractivity contribution in [3.05, 3.63) is 12.2 Å². The summed E-state index contributed by atoms with van der Waals surface area (Å²) in [7, 11) is 0. The van der Waals surface area contributed by atoms with Crippen LogP contribution in [0.25, 0.3) is 0 Å². The number of hydrogen-bond donors (Lipinski definition) is 7. The van der Waals surface area contributed by atoms with Crippen molar-refractivity contribution in [1.82, 2.24) is 0 Å². The fourth-order valence-corrected chi connectivity index (χ4v) is 7.49. The highest BCUT2D eigenvalue weighted by Crippen LogP contribution is 2.26. The molecule has 61 heavy (non-hydrogen) atoms. The van der Waals surface area contributed by atoms with Crippen LogP contribution in [0.15, 0.2) is 12.2 Å². The van der Waals surface area contributed by atoms with Crippen molar-refractivity contribution >= 4 is 11.9 Å². The van der Waals surface area contributed by atoms with Crippen LogP contribution in [0.3, 0.4) is 0 Å². The lowest BCUT2D eigenvalue weighted by molar-refractivity contribution is -0.332. The SMILES string of the molecule is CCCC/C=C/CCCCCCCCCCCC(=O)O[C@H](COC(=O)CCCCCCCCCCCC)CO[C@@H]1O[C@H](CO[C@@H]2O[C@H](CO)[C@H](O)C(O)C2O)[C@H](O)C(O)C1O. The topological polar surface area (TPSA) is 231 Å². The van der Waals surface area contributed by atoms with E-state index in [-0.39, 0.29) is 26.1 Å². The monoisotopic (exact) mass is 877 g/mol. The Morgan fingerprint density at radius 3 is 1.49 bits per heavy atom. The molecule has 358 valence electrons. The zero-order valence-corrected chi connectivity index (χ0v) is 37.4. The van der Waals surface area contributed by atoms with Gasteiger partial charge in [-0.1, -0.05) is 142 Å². The molecule has 2 aliphatic heterocycles. The molecule has 0 aromatic carbocycles. The summed E-state index contributed by atoms with van der Waals surface area (Å²) in [6, 6.07) is 0. The molecule has 4 unspecified atom stereocenters. The van der Waals surface area contributed by atoms with Crippen LogP contribution in [0.4, 0.5) is 0 Å². The number of ether oxygens (including phenoxy) is 6. The molecule has 15 heteroatoms. The van der Waals surface area contributed by atoms with Crippen molar-refractivity contribution in [2.24, 2.45) is 0 Å². The molecule has 7 N–H and O–H groups in total. The number of carbonyl (C=O) groups excluding carboxylic acids is 2. The third-order valence-corrected chi connectivity index (χ3v) is 11.5. The number of aliphatic hydroxyl groups excluding tert-OH is 7. The molecule has 2 rings (SSSR count). The quantitative estimate of drug-likeness (QED) is 0.0236. The lowest BCUT2D eigenvalue weighted by Crippen LogP contribution is -2.61. The number of carbonyl (C=O) groups is 2. The van der Waals surface area contributed by atoms with Gasteiger partial charge in [0, 0.05) is 12.8 Å². The average molecular weight is 877 g/mol. The second-order valence-electron chi connectivity index (χ2n) is 16.9. The number of rotatable bonds is 36. The zero-order chi connectivity index (χ0) is 44.7. The molecule has 2 fully saturated rings. The van der Waals surface area contributed by atoms with E-state index in [2.05, 4.69) is 26.0 Å². The van der Waals surface area contributed by atoms with Gasteiger partial charge in [-0.25, -0.2) is 0 Å². The normalized spacial score (nSPS) is 27.4. The molecule has 2 saturated heterocycles. The summed E-state index contributed by atoms with van der Waals surface area (Å²) >= 11 is 0. The number of aliphatic hydroxyl groups is 7. The zero-order valence-electron chi connectivity index (χ0n) is 37.4. The molecule has 11 atom stereocenters. The summed E-state index contributed by atoms with van der Waals surface area (Å²) in [5.41, 5.74) is 0. The Balaban J connectivity index is 1.84. The first-order valence-electron chi connectivity index (χ1n) is 23.8. The van der Waals surface area contributed by atoms with E-state index in [0.717, 1.165) is 44.9 Å². The van der Waals surface area contributed by atoms with Crippen molar-refractivity contribution < 1.29 is 73.8 Å². The summed E-state index contributed by atoms with van der Waals surface area (Å²) in [5, 5.41) is 71.9. The highest BCUT2D eigenvalue weighted by atomic mass is 16.7. The minimum Gasteiger partial charge on any atom is -0.462 e. The van der Waals surface area contributed by atoms with Crippen molar-refractivity contribution in [2.75, 3.05) is 26.4 Å². The van der Waals surface area contributed by atoms with Gasteiger partial charge in [0.15, 0.2) is 18.7 Å². The summed E-state index contributed by atoms with van der Waals surface area (Å²) < 4.78 is 33.5. The standard InChI is InChI=1S/C46H84O15/c1-3-5-7-9-11-13-15-16-17-18-19-21-23-25-27-29-38(49)59-34(31-56-37(48)28-26-24-22-20-14-12-10-8-6-4-2)32-57-45-44(55)42(53)40(51)36(61-45)33-58-46-43(54)41(52)39(50)35(30-47)60-46/h9,11,34-36,39-47,50-55H,3-8,10,12-33H2,1-2H3/b11-9+/t34-,35-,36-,39+,40+,41?,42?,43?,44?,45-,46-/m1/s1. The van der Waals surface area contributed by atoms with E-state index >= 15 is 0 Å². The Morgan fingerprint density at radius 1 is 0.508 bits per heavy atom. The molecular weight excluding hydrogens is 792 g/mol. The lowest BCUT2D eigenvalue weighted by Gasteiger charge is -2.42. The first-order valence-corrected chi connectivity index (χ1v) is 23.8. The molecule has 0 saturated carbocycles. The van der Waals surface area contributed by atoms with Gasteiger partial charge in [-0.05, 0) is 32.1 Å². The predicted molar refractivity (Wildman–Crippen MR) is 229 cm³/mol. The van der Waals surface area contributed by atoms with Crippen molar-refractivity contribution in [3.8, 4) is 0 Å². The van der Waals surface area contributed by atoms with Crippen LogP contribution in [-0.2, 0) is 38.0 Å². The minimum absolute atomic E-state index is 0.166. The summed E-state index contributed by atoms with van der Waals surface area (Å²) in [4.78, 5) is 25.6. The molecule has 0 amide bonds. The smallest absolute Gasteiger partial charge is 0.306 e. The van der Waals surface area contributed by atoms with E-state index in [9.17, 15) is 45.3 Å². The highest BCUT2D eigenvalue weighted by molar-refractivity contribution is 5.70. The number of esters is 2. The average Bonchev–Trinajstić information content (AvgIpc) is 3.25. The van der Waals surface area contributed by atoms with Crippen molar-refractivity contribution in [1.29, 1.82) is 0 Å². The molecule has 0 aromatic rings. The summed E-state index contributed by atoms with van der Waals surface area (Å²) in [6.07, 6.45) is 14.0. The van der Waals surface area contributed by atoms with Crippen molar-refractivity contribution in [2.45, 2.75) is 242 Å². The van der Waals surface area contributed by atoms with Gasteiger partial charge in [-0.15, -0.1) is 0 Å². The van der Waals surface area contributed by atoms with Crippen LogP contribution in [0.1, 0.15) is 174 Å². The predicted octanol–water partition coefficient (Wildman–Crippen LogP) is 5.43. The third-order valence-electron chi connectivity index (χ3n) is 11.5. The van der Waals surface area contributed by atoms with Crippen LogP contribution >= 0.6 is 0 Å². The largest absolute Gasteiger partial charge is 0.462 e. The fourth-order valence-electron chi connectivity index (χ4n) is 7.49. The van der Waals surface area contributed by atoms with Crippen LogP contribution in [0, 0.1) is 0 Å². The van der Waals surface area contributed by atoms with E-state index in [1.807, 2.05) is 0 Å². The van der Waals surface area contributed by atoms with E-state index < -0.39 is 92.7 Å².